The Morgan fingerprint density at radius 1 is 0.429 bits per heavy atom. The van der Waals surface area contributed by atoms with Gasteiger partial charge in [-0.15, -0.1) is 0 Å². The monoisotopic (exact) mass is 623 g/mol. The van der Waals surface area contributed by atoms with Crippen LogP contribution < -0.4 is 4.90 Å². The first-order valence-corrected chi connectivity index (χ1v) is 16.5. The van der Waals surface area contributed by atoms with Gasteiger partial charge in [0.05, 0.1) is 0 Å². The number of anilines is 3. The van der Waals surface area contributed by atoms with Crippen molar-refractivity contribution in [3.05, 3.63) is 182 Å². The van der Waals surface area contributed by atoms with Crippen molar-refractivity contribution in [3.8, 4) is 28.3 Å². The third-order valence-electron chi connectivity index (χ3n) is 9.48. The zero-order valence-electron chi connectivity index (χ0n) is 26.6. The molecule has 0 N–H and O–H groups in total. The lowest BCUT2D eigenvalue weighted by Crippen LogP contribution is -2.11. The van der Waals surface area contributed by atoms with Gasteiger partial charge in [-0.25, -0.2) is 4.98 Å². The van der Waals surface area contributed by atoms with Crippen molar-refractivity contribution in [2.45, 2.75) is 0 Å². The van der Waals surface area contributed by atoms with Crippen molar-refractivity contribution in [2.24, 2.45) is 0 Å². The third kappa shape index (κ3) is 4.78. The molecule has 0 bridgehead atoms. The summed E-state index contributed by atoms with van der Waals surface area (Å²) >= 11 is 0. The predicted octanol–water partition coefficient (Wildman–Crippen LogP) is 12.4. The molecule has 0 saturated heterocycles. The molecule has 0 aliphatic heterocycles. The summed E-state index contributed by atoms with van der Waals surface area (Å²) in [5.41, 5.74) is 7.17. The number of rotatable bonds is 5. The number of nitriles is 1. The number of hydrogen-bond donors (Lipinski definition) is 0. The maximum Gasteiger partial charge on any atom is 0.142 e. The van der Waals surface area contributed by atoms with Crippen LogP contribution in [0.3, 0.4) is 0 Å². The molecule has 1 aromatic heterocycles. The highest BCUT2D eigenvalue weighted by Crippen LogP contribution is 2.47. The van der Waals surface area contributed by atoms with E-state index in [2.05, 4.69) is 155 Å². The summed E-state index contributed by atoms with van der Waals surface area (Å²) in [7, 11) is 0. The van der Waals surface area contributed by atoms with Gasteiger partial charge in [0, 0.05) is 11.4 Å². The minimum absolute atomic E-state index is 0.382. The fourth-order valence-corrected chi connectivity index (χ4v) is 7.37. The van der Waals surface area contributed by atoms with E-state index in [4.69, 9.17) is 0 Å². The van der Waals surface area contributed by atoms with Gasteiger partial charge in [-0.2, -0.15) is 5.26 Å². The molecule has 8 aromatic carbocycles. The molecule has 1 heterocycles. The molecular weight excluding hydrogens is 595 g/mol. The maximum atomic E-state index is 9.58. The average Bonchev–Trinajstić information content (AvgIpc) is 3.18. The predicted molar refractivity (Wildman–Crippen MR) is 205 cm³/mol. The number of hydrogen-bond acceptors (Lipinski definition) is 3. The second kappa shape index (κ2) is 11.8. The molecule has 0 atom stereocenters. The average molecular weight is 624 g/mol. The molecule has 0 unspecified atom stereocenters. The molecule has 49 heavy (non-hydrogen) atoms. The highest BCUT2D eigenvalue weighted by molar-refractivity contribution is 6.25. The smallest absolute Gasteiger partial charge is 0.142 e. The molecule has 0 amide bonds. The van der Waals surface area contributed by atoms with Crippen LogP contribution >= 0.6 is 0 Å². The maximum absolute atomic E-state index is 9.58. The van der Waals surface area contributed by atoms with Gasteiger partial charge in [0.15, 0.2) is 0 Å². The van der Waals surface area contributed by atoms with Crippen molar-refractivity contribution >= 4 is 60.3 Å². The van der Waals surface area contributed by atoms with E-state index in [0.717, 1.165) is 16.9 Å². The molecule has 9 aromatic rings. The van der Waals surface area contributed by atoms with Gasteiger partial charge in [0.1, 0.15) is 17.6 Å². The third-order valence-corrected chi connectivity index (χ3v) is 9.48. The number of benzene rings is 8. The Labute approximate surface area is 284 Å². The Morgan fingerprint density at radius 3 is 1.61 bits per heavy atom. The number of aromatic nitrogens is 1. The second-order valence-corrected chi connectivity index (χ2v) is 12.2. The summed E-state index contributed by atoms with van der Waals surface area (Å²) in [5, 5.41) is 19.5. The molecular formula is C46H29N3. The first kappa shape index (κ1) is 28.5. The van der Waals surface area contributed by atoms with Gasteiger partial charge in [0.25, 0.3) is 0 Å². The van der Waals surface area contributed by atoms with Gasteiger partial charge in [0.2, 0.25) is 0 Å². The van der Waals surface area contributed by atoms with E-state index in [1.807, 2.05) is 30.3 Å². The highest BCUT2D eigenvalue weighted by Gasteiger charge is 2.20. The lowest BCUT2D eigenvalue weighted by molar-refractivity contribution is 1.16. The molecule has 0 aliphatic rings. The first-order valence-electron chi connectivity index (χ1n) is 16.5. The normalized spacial score (nSPS) is 11.2. The quantitative estimate of drug-likeness (QED) is 0.141. The fraction of sp³-hybridized carbons (Fsp3) is 0. The van der Waals surface area contributed by atoms with Crippen molar-refractivity contribution in [1.82, 2.24) is 4.98 Å². The summed E-state index contributed by atoms with van der Waals surface area (Å²) < 4.78 is 0. The minimum Gasteiger partial charge on any atom is -0.295 e. The SMILES string of the molecule is N#Cc1cccc(N(c2ccccc2)c2ccc(-c3c4ccccc4c(-c4cc5ccccc5c5ccccc45)c4ccccc34)cc2)n1. The molecule has 0 aliphatic carbocycles. The van der Waals surface area contributed by atoms with Gasteiger partial charge in [-0.05, 0) is 108 Å². The summed E-state index contributed by atoms with van der Waals surface area (Å²) in [6.07, 6.45) is 0. The van der Waals surface area contributed by atoms with Crippen LogP contribution in [0.15, 0.2) is 176 Å². The van der Waals surface area contributed by atoms with Crippen LogP contribution in [0.1, 0.15) is 5.69 Å². The lowest BCUT2D eigenvalue weighted by Gasteiger charge is -2.25. The molecule has 3 heteroatoms. The van der Waals surface area contributed by atoms with Gasteiger partial charge >= 0.3 is 0 Å². The molecule has 228 valence electrons. The Hall–Kier alpha value is -6.76. The van der Waals surface area contributed by atoms with E-state index in [1.165, 1.54) is 59.8 Å². The zero-order valence-corrected chi connectivity index (χ0v) is 26.6. The van der Waals surface area contributed by atoms with E-state index in [0.29, 0.717) is 11.5 Å². The summed E-state index contributed by atoms with van der Waals surface area (Å²) in [6, 6.07) is 64.1. The second-order valence-electron chi connectivity index (χ2n) is 12.2. The minimum atomic E-state index is 0.382. The standard InChI is InChI=1S/C46H29N3/c47-30-33-14-12-24-44(48-33)49(34-15-2-1-3-16-34)35-27-25-31(26-28-35)45-39-20-8-10-22-41(39)46(42-23-11-9-21-40(42)45)43-29-32-13-4-5-17-36(32)37-18-6-7-19-38(37)43/h1-29H. The Balaban J connectivity index is 1.27. The summed E-state index contributed by atoms with van der Waals surface area (Å²) in [4.78, 5) is 6.74. The van der Waals surface area contributed by atoms with Crippen LogP contribution in [0.2, 0.25) is 0 Å². The molecule has 0 radical (unpaired) electrons. The highest BCUT2D eigenvalue weighted by atomic mass is 15.2. The Bertz CT molecular complexity index is 2670. The van der Waals surface area contributed by atoms with Crippen LogP contribution in [0.4, 0.5) is 17.2 Å². The van der Waals surface area contributed by atoms with Crippen LogP contribution in [0, 0.1) is 11.3 Å². The zero-order chi connectivity index (χ0) is 32.7. The Morgan fingerprint density at radius 2 is 0.959 bits per heavy atom. The molecule has 9 rings (SSSR count). The fourth-order valence-electron chi connectivity index (χ4n) is 7.37. The van der Waals surface area contributed by atoms with Crippen molar-refractivity contribution in [2.75, 3.05) is 4.90 Å². The van der Waals surface area contributed by atoms with E-state index < -0.39 is 0 Å². The largest absolute Gasteiger partial charge is 0.295 e. The molecule has 0 saturated carbocycles. The lowest BCUT2D eigenvalue weighted by atomic mass is 9.84. The van der Waals surface area contributed by atoms with Crippen molar-refractivity contribution < 1.29 is 0 Å². The van der Waals surface area contributed by atoms with Crippen LogP contribution in [0.5, 0.6) is 0 Å². The number of para-hydroxylation sites is 1. The topological polar surface area (TPSA) is 39.9 Å². The number of pyridine rings is 1. The van der Waals surface area contributed by atoms with E-state index >= 15 is 0 Å². The summed E-state index contributed by atoms with van der Waals surface area (Å²) in [6.45, 7) is 0. The number of fused-ring (bicyclic) bond motifs is 5. The Kier molecular flexibility index (Phi) is 6.85. The number of nitrogens with zero attached hydrogens (tertiary/aromatic N) is 3. The molecule has 0 spiro atoms. The molecule has 3 nitrogen and oxygen atoms in total. The van der Waals surface area contributed by atoms with Crippen molar-refractivity contribution in [1.29, 1.82) is 5.26 Å². The summed E-state index contributed by atoms with van der Waals surface area (Å²) in [5.74, 6) is 0.695. The van der Waals surface area contributed by atoms with E-state index in [9.17, 15) is 5.26 Å². The van der Waals surface area contributed by atoms with Gasteiger partial charge in [-0.3, -0.25) is 4.90 Å². The van der Waals surface area contributed by atoms with E-state index in [1.54, 1.807) is 6.07 Å². The molecule has 0 fully saturated rings. The van der Waals surface area contributed by atoms with Crippen molar-refractivity contribution in [3.63, 3.8) is 0 Å². The first-order chi connectivity index (χ1) is 24.3. The van der Waals surface area contributed by atoms with Gasteiger partial charge in [-0.1, -0.05) is 133 Å². The van der Waals surface area contributed by atoms with Crippen LogP contribution in [0.25, 0.3) is 65.3 Å². The van der Waals surface area contributed by atoms with Gasteiger partial charge < -0.3 is 0 Å². The van der Waals surface area contributed by atoms with Crippen LogP contribution in [-0.2, 0) is 0 Å². The van der Waals surface area contributed by atoms with Crippen LogP contribution in [-0.4, -0.2) is 4.98 Å². The van der Waals surface area contributed by atoms with E-state index in [-0.39, 0.29) is 0 Å².